The highest BCUT2D eigenvalue weighted by molar-refractivity contribution is 6.13. The second-order valence-corrected chi connectivity index (χ2v) is 10.2. The van der Waals surface area contributed by atoms with Gasteiger partial charge in [-0.25, -0.2) is 0 Å². The van der Waals surface area contributed by atoms with Gasteiger partial charge in [-0.05, 0) is 62.7 Å². The number of carbonyl (C=O) groups is 2. The lowest BCUT2D eigenvalue weighted by atomic mass is 9.77. The summed E-state index contributed by atoms with van der Waals surface area (Å²) in [6, 6.07) is 8.95. The number of anilines is 1. The number of hydrogen-bond acceptors (Lipinski definition) is 8. The number of nitrogens with zero attached hydrogens (tertiary/aromatic N) is 6. The van der Waals surface area contributed by atoms with Gasteiger partial charge in [-0.3, -0.25) is 24.4 Å². The Bertz CT molecular complexity index is 1330. The van der Waals surface area contributed by atoms with Gasteiger partial charge in [0.05, 0.1) is 23.2 Å². The van der Waals surface area contributed by atoms with Gasteiger partial charge < -0.3 is 9.32 Å². The predicted molar refractivity (Wildman–Crippen MR) is 136 cm³/mol. The van der Waals surface area contributed by atoms with E-state index in [2.05, 4.69) is 31.9 Å². The Labute approximate surface area is 219 Å². The van der Waals surface area contributed by atoms with Crippen molar-refractivity contribution >= 4 is 17.5 Å². The SMILES string of the molecule is CCCN1CCN(c2ccc3c(c2)C(C)(C)C(=O)N(Cc2ccc(-c4nnc(C(F)F)o4)cn2)C3=O)CC1. The summed E-state index contributed by atoms with van der Waals surface area (Å²) < 4.78 is 30.4. The molecular formula is C27H30F2N6O3. The summed E-state index contributed by atoms with van der Waals surface area (Å²) in [4.78, 5) is 37.2. The summed E-state index contributed by atoms with van der Waals surface area (Å²) in [5, 5.41) is 6.93. The van der Waals surface area contributed by atoms with Crippen LogP contribution < -0.4 is 4.90 Å². The molecule has 5 rings (SSSR count). The number of carbonyl (C=O) groups excluding carboxylic acids is 2. The van der Waals surface area contributed by atoms with Crippen LogP contribution in [0.25, 0.3) is 11.5 Å². The van der Waals surface area contributed by atoms with E-state index in [1.807, 2.05) is 32.0 Å². The van der Waals surface area contributed by atoms with Crippen molar-refractivity contribution in [1.82, 2.24) is 25.0 Å². The first-order valence-electron chi connectivity index (χ1n) is 12.7. The molecule has 1 aromatic carbocycles. The van der Waals surface area contributed by atoms with Crippen LogP contribution >= 0.6 is 0 Å². The Morgan fingerprint density at radius 1 is 1.05 bits per heavy atom. The molecule has 2 aliphatic rings. The first-order chi connectivity index (χ1) is 18.2. The summed E-state index contributed by atoms with van der Waals surface area (Å²) in [6.45, 7) is 10.7. The quantitative estimate of drug-likeness (QED) is 0.427. The third-order valence-electron chi connectivity index (χ3n) is 7.23. The molecule has 2 aliphatic heterocycles. The van der Waals surface area contributed by atoms with Gasteiger partial charge in [0, 0.05) is 43.6 Å². The van der Waals surface area contributed by atoms with Gasteiger partial charge in [0.2, 0.25) is 11.8 Å². The molecule has 11 heteroatoms. The molecule has 4 heterocycles. The second kappa shape index (κ2) is 10.2. The Morgan fingerprint density at radius 3 is 2.45 bits per heavy atom. The van der Waals surface area contributed by atoms with Gasteiger partial charge in [-0.15, -0.1) is 10.2 Å². The molecule has 1 fully saturated rings. The summed E-state index contributed by atoms with van der Waals surface area (Å²) >= 11 is 0. The van der Waals surface area contributed by atoms with Crippen molar-refractivity contribution in [2.24, 2.45) is 0 Å². The fourth-order valence-electron chi connectivity index (χ4n) is 5.06. The minimum Gasteiger partial charge on any atom is -0.415 e. The number of aromatic nitrogens is 3. The van der Waals surface area contributed by atoms with Gasteiger partial charge >= 0.3 is 6.43 Å². The average molecular weight is 525 g/mol. The number of pyridine rings is 1. The molecule has 2 amide bonds. The van der Waals surface area contributed by atoms with Crippen LogP contribution in [0.2, 0.25) is 0 Å². The van der Waals surface area contributed by atoms with E-state index < -0.39 is 17.7 Å². The third kappa shape index (κ3) is 4.78. The number of alkyl halides is 2. The molecule has 0 radical (unpaired) electrons. The van der Waals surface area contributed by atoms with Crippen molar-refractivity contribution < 1.29 is 22.8 Å². The minimum absolute atomic E-state index is 0.0198. The highest BCUT2D eigenvalue weighted by atomic mass is 19.3. The van der Waals surface area contributed by atoms with E-state index in [0.29, 0.717) is 16.8 Å². The van der Waals surface area contributed by atoms with Gasteiger partial charge in [-0.2, -0.15) is 8.78 Å². The van der Waals surface area contributed by atoms with Crippen LogP contribution in [0.5, 0.6) is 0 Å². The molecule has 0 saturated carbocycles. The van der Waals surface area contributed by atoms with Crippen molar-refractivity contribution in [1.29, 1.82) is 0 Å². The number of halogens is 2. The minimum atomic E-state index is -2.86. The van der Waals surface area contributed by atoms with Crippen LogP contribution in [0, 0.1) is 0 Å². The van der Waals surface area contributed by atoms with Crippen molar-refractivity contribution in [3.8, 4) is 11.5 Å². The van der Waals surface area contributed by atoms with Crippen molar-refractivity contribution in [3.63, 3.8) is 0 Å². The van der Waals surface area contributed by atoms with E-state index in [0.717, 1.165) is 50.4 Å². The molecule has 3 aromatic rings. The molecular weight excluding hydrogens is 494 g/mol. The Hall–Kier alpha value is -3.73. The summed E-state index contributed by atoms with van der Waals surface area (Å²) in [6.07, 6.45) is -0.338. The van der Waals surface area contributed by atoms with E-state index in [-0.39, 0.29) is 24.2 Å². The molecule has 9 nitrogen and oxygen atoms in total. The van der Waals surface area contributed by atoms with Crippen LogP contribution in [-0.2, 0) is 16.8 Å². The number of fused-ring (bicyclic) bond motifs is 1. The molecule has 0 spiro atoms. The first-order valence-corrected chi connectivity index (χ1v) is 12.7. The van der Waals surface area contributed by atoms with Gasteiger partial charge in [-0.1, -0.05) is 6.92 Å². The van der Waals surface area contributed by atoms with Crippen molar-refractivity contribution in [2.75, 3.05) is 37.6 Å². The molecule has 1 saturated heterocycles. The standard InChI is InChI=1S/C27H30F2N6O3/c1-4-9-33-10-12-34(13-11-33)19-7-8-20-21(14-19)27(2,3)26(37)35(25(20)36)16-18-6-5-17(15-30-18)23-31-32-24(38-23)22(28)29/h5-8,14-15,22H,4,9-13,16H2,1-3H3. The normalized spacial score (nSPS) is 17.8. The Morgan fingerprint density at radius 2 is 1.82 bits per heavy atom. The van der Waals surface area contributed by atoms with E-state index >= 15 is 0 Å². The Balaban J connectivity index is 1.34. The van der Waals surface area contributed by atoms with E-state index in [1.165, 1.54) is 11.1 Å². The molecule has 38 heavy (non-hydrogen) atoms. The summed E-state index contributed by atoms with van der Waals surface area (Å²) in [5.74, 6) is -1.52. The monoisotopic (exact) mass is 524 g/mol. The zero-order chi connectivity index (χ0) is 27.0. The van der Waals surface area contributed by atoms with Crippen LogP contribution in [-0.4, -0.2) is 69.5 Å². The second-order valence-electron chi connectivity index (χ2n) is 10.2. The largest absolute Gasteiger partial charge is 0.415 e. The highest BCUT2D eigenvalue weighted by Crippen LogP contribution is 2.37. The molecule has 0 aliphatic carbocycles. The molecule has 0 N–H and O–H groups in total. The maximum atomic E-state index is 13.5. The van der Waals surface area contributed by atoms with Crippen LogP contribution in [0.4, 0.5) is 14.5 Å². The van der Waals surface area contributed by atoms with Crippen LogP contribution in [0.1, 0.15) is 61.1 Å². The van der Waals surface area contributed by atoms with E-state index in [9.17, 15) is 18.4 Å². The molecule has 0 bridgehead atoms. The maximum absolute atomic E-state index is 13.5. The smallest absolute Gasteiger partial charge is 0.314 e. The number of hydrogen-bond donors (Lipinski definition) is 0. The topological polar surface area (TPSA) is 95.7 Å². The molecule has 0 unspecified atom stereocenters. The zero-order valence-electron chi connectivity index (χ0n) is 21.7. The van der Waals surface area contributed by atoms with Crippen molar-refractivity contribution in [3.05, 3.63) is 59.2 Å². The summed E-state index contributed by atoms with van der Waals surface area (Å²) in [7, 11) is 0. The fraction of sp³-hybridized carbons (Fsp3) is 0.444. The number of amides is 2. The van der Waals surface area contributed by atoms with Crippen molar-refractivity contribution in [2.45, 2.75) is 45.6 Å². The van der Waals surface area contributed by atoms with E-state index in [4.69, 9.17) is 4.42 Å². The fourth-order valence-corrected chi connectivity index (χ4v) is 5.06. The number of piperazine rings is 1. The lowest BCUT2D eigenvalue weighted by Crippen LogP contribution is -2.51. The first kappa shape index (κ1) is 25.9. The number of imide groups is 1. The Kier molecular flexibility index (Phi) is 6.95. The van der Waals surface area contributed by atoms with Crippen LogP contribution in [0.15, 0.2) is 40.9 Å². The number of benzene rings is 1. The molecule has 0 atom stereocenters. The average Bonchev–Trinajstić information content (AvgIpc) is 3.42. The predicted octanol–water partition coefficient (Wildman–Crippen LogP) is 4.06. The highest BCUT2D eigenvalue weighted by Gasteiger charge is 2.44. The zero-order valence-corrected chi connectivity index (χ0v) is 21.7. The third-order valence-corrected chi connectivity index (χ3v) is 7.23. The molecule has 200 valence electrons. The van der Waals surface area contributed by atoms with Crippen LogP contribution in [0.3, 0.4) is 0 Å². The van der Waals surface area contributed by atoms with Gasteiger partial charge in [0.1, 0.15) is 0 Å². The number of rotatable bonds is 7. The summed E-state index contributed by atoms with van der Waals surface area (Å²) in [5.41, 5.74) is 2.17. The van der Waals surface area contributed by atoms with Gasteiger partial charge in [0.25, 0.3) is 11.8 Å². The molecule has 2 aromatic heterocycles. The maximum Gasteiger partial charge on any atom is 0.314 e. The lowest BCUT2D eigenvalue weighted by Gasteiger charge is -2.39. The van der Waals surface area contributed by atoms with E-state index in [1.54, 1.807) is 12.1 Å². The lowest BCUT2D eigenvalue weighted by molar-refractivity contribution is -0.134. The van der Waals surface area contributed by atoms with Gasteiger partial charge in [0.15, 0.2) is 0 Å².